The largest absolute Gasteiger partial charge is 0.356 e. The molecule has 0 radical (unpaired) electrons. The van der Waals surface area contributed by atoms with Gasteiger partial charge in [-0.15, -0.1) is 0 Å². The van der Waals surface area contributed by atoms with Gasteiger partial charge in [0.1, 0.15) is 6.04 Å². The molecule has 0 bridgehead atoms. The van der Waals surface area contributed by atoms with E-state index < -0.39 is 6.04 Å². The Morgan fingerprint density at radius 3 is 1.91 bits per heavy atom. The van der Waals surface area contributed by atoms with Gasteiger partial charge < -0.3 is 16.0 Å². The van der Waals surface area contributed by atoms with Crippen LogP contribution in [0.5, 0.6) is 0 Å². The molecule has 3 amide bonds. The zero-order chi connectivity index (χ0) is 24.6. The second-order valence-electron chi connectivity index (χ2n) is 8.93. The molecule has 0 aromatic carbocycles. The van der Waals surface area contributed by atoms with E-state index in [1.165, 1.54) is 38.5 Å². The molecule has 0 aromatic heterocycles. The summed E-state index contributed by atoms with van der Waals surface area (Å²) >= 11 is 0. The number of hydrogen-bond donors (Lipinski definition) is 3. The number of unbranched alkanes of at least 4 members (excludes halogenated alkanes) is 9. The van der Waals surface area contributed by atoms with E-state index in [2.05, 4.69) is 48.9 Å². The predicted octanol–water partition coefficient (Wildman–Crippen LogP) is 5.56. The first-order valence-electron chi connectivity index (χ1n) is 13.5. The summed E-state index contributed by atoms with van der Waals surface area (Å²) in [5.41, 5.74) is 0. The molecule has 33 heavy (non-hydrogen) atoms. The molecule has 1 atom stereocenters. The Kier molecular flexibility index (Phi) is 22.0. The first-order valence-corrected chi connectivity index (χ1v) is 13.5. The van der Waals surface area contributed by atoms with E-state index >= 15 is 0 Å². The van der Waals surface area contributed by atoms with Gasteiger partial charge in [-0.05, 0) is 44.9 Å². The zero-order valence-electron chi connectivity index (χ0n) is 21.7. The smallest absolute Gasteiger partial charge is 0.242 e. The molecule has 0 rings (SSSR count). The van der Waals surface area contributed by atoms with Crippen LogP contribution in [-0.2, 0) is 14.4 Å². The number of nitrogens with one attached hydrogen (secondary N) is 3. The highest BCUT2D eigenvalue weighted by molar-refractivity contribution is 5.88. The quantitative estimate of drug-likeness (QED) is 0.144. The monoisotopic (exact) mass is 465 g/mol. The summed E-state index contributed by atoms with van der Waals surface area (Å²) in [6, 6.07) is -0.646. The number of carbonyl (C=O) groups excluding carboxylic acids is 3. The van der Waals surface area contributed by atoms with Crippen LogP contribution in [0, 0.1) is 0 Å². The highest BCUT2D eigenvalue weighted by atomic mass is 16.2. The molecule has 0 aromatic rings. The number of allylic oxidation sites excluding steroid dienone is 2. The minimum Gasteiger partial charge on any atom is -0.356 e. The van der Waals surface area contributed by atoms with Crippen LogP contribution in [0.3, 0.4) is 0 Å². The maximum Gasteiger partial charge on any atom is 0.242 e. The second kappa shape index (κ2) is 23.3. The molecule has 0 spiro atoms. The Bertz CT molecular complexity index is 535. The summed E-state index contributed by atoms with van der Waals surface area (Å²) in [5.74, 6) is -0.353. The van der Waals surface area contributed by atoms with Crippen molar-refractivity contribution >= 4 is 17.7 Å². The van der Waals surface area contributed by atoms with Crippen LogP contribution in [0.25, 0.3) is 0 Å². The third-order valence-electron chi connectivity index (χ3n) is 5.64. The molecule has 0 aliphatic rings. The van der Waals surface area contributed by atoms with E-state index in [0.717, 1.165) is 44.9 Å². The first kappa shape index (κ1) is 31.1. The van der Waals surface area contributed by atoms with Crippen molar-refractivity contribution in [3.05, 3.63) is 12.2 Å². The van der Waals surface area contributed by atoms with Gasteiger partial charge in [-0.1, -0.05) is 77.9 Å². The topological polar surface area (TPSA) is 87.3 Å². The highest BCUT2D eigenvalue weighted by Crippen LogP contribution is 2.10. The van der Waals surface area contributed by atoms with Crippen molar-refractivity contribution < 1.29 is 14.4 Å². The minimum atomic E-state index is -0.646. The van der Waals surface area contributed by atoms with Gasteiger partial charge in [0.2, 0.25) is 17.7 Å². The van der Waals surface area contributed by atoms with Crippen molar-refractivity contribution in [2.24, 2.45) is 0 Å². The Hall–Kier alpha value is -1.85. The van der Waals surface area contributed by atoms with Crippen LogP contribution in [0.2, 0.25) is 0 Å². The lowest BCUT2D eigenvalue weighted by molar-refractivity contribution is -0.129. The van der Waals surface area contributed by atoms with Gasteiger partial charge in [0.15, 0.2) is 0 Å². The van der Waals surface area contributed by atoms with Gasteiger partial charge in [-0.2, -0.15) is 0 Å². The summed E-state index contributed by atoms with van der Waals surface area (Å²) < 4.78 is 0. The lowest BCUT2D eigenvalue weighted by Crippen LogP contribution is -2.47. The molecule has 0 unspecified atom stereocenters. The van der Waals surface area contributed by atoms with E-state index in [1.807, 2.05) is 0 Å². The van der Waals surface area contributed by atoms with Crippen LogP contribution in [0.1, 0.15) is 124 Å². The molecule has 0 aliphatic heterocycles. The van der Waals surface area contributed by atoms with Crippen molar-refractivity contribution in [2.75, 3.05) is 13.1 Å². The lowest BCUT2D eigenvalue weighted by atomic mass is 10.1. The Morgan fingerprint density at radius 2 is 1.24 bits per heavy atom. The number of amides is 3. The second-order valence-corrected chi connectivity index (χ2v) is 8.93. The molecule has 0 saturated heterocycles. The Morgan fingerprint density at radius 1 is 0.636 bits per heavy atom. The predicted molar refractivity (Wildman–Crippen MR) is 138 cm³/mol. The highest BCUT2D eigenvalue weighted by Gasteiger charge is 2.21. The molecule has 6 heteroatoms. The number of hydrogen-bond acceptors (Lipinski definition) is 3. The number of carbonyl (C=O) groups is 3. The van der Waals surface area contributed by atoms with Crippen molar-refractivity contribution in [1.29, 1.82) is 0 Å². The van der Waals surface area contributed by atoms with E-state index in [9.17, 15) is 14.4 Å². The van der Waals surface area contributed by atoms with Crippen LogP contribution < -0.4 is 16.0 Å². The summed E-state index contributed by atoms with van der Waals surface area (Å²) in [6.45, 7) is 7.59. The standard InChI is InChI=1S/C27H51N3O3/c1-4-7-10-11-12-13-14-15-16-17-18-19-26(32)30-24(27(33)29-23-9-6-3)20-21-25(31)28-22-8-5-2/h10-11,24H,4-9,12-23H2,1-3H3,(H,28,31)(H,29,33)(H,30,32)/b11-10+/t24-/m0/s1. The maximum atomic E-state index is 12.5. The molecule has 192 valence electrons. The van der Waals surface area contributed by atoms with Crippen molar-refractivity contribution in [3.63, 3.8) is 0 Å². The van der Waals surface area contributed by atoms with Crippen LogP contribution in [0.15, 0.2) is 12.2 Å². The van der Waals surface area contributed by atoms with E-state index in [-0.39, 0.29) is 24.1 Å². The van der Waals surface area contributed by atoms with Crippen molar-refractivity contribution in [1.82, 2.24) is 16.0 Å². The van der Waals surface area contributed by atoms with Crippen molar-refractivity contribution in [2.45, 2.75) is 130 Å². The van der Waals surface area contributed by atoms with E-state index in [4.69, 9.17) is 0 Å². The summed E-state index contributed by atoms with van der Waals surface area (Å²) in [5, 5.41) is 8.62. The van der Waals surface area contributed by atoms with Crippen LogP contribution in [-0.4, -0.2) is 36.9 Å². The summed E-state index contributed by atoms with van der Waals surface area (Å²) in [6.07, 6.45) is 19.7. The normalized spacial score (nSPS) is 12.0. The fourth-order valence-corrected chi connectivity index (χ4v) is 3.47. The summed E-state index contributed by atoms with van der Waals surface area (Å²) in [7, 11) is 0. The minimum absolute atomic E-state index is 0.0649. The van der Waals surface area contributed by atoms with Gasteiger partial charge >= 0.3 is 0 Å². The van der Waals surface area contributed by atoms with Crippen LogP contribution >= 0.6 is 0 Å². The van der Waals surface area contributed by atoms with Crippen molar-refractivity contribution in [3.8, 4) is 0 Å². The zero-order valence-corrected chi connectivity index (χ0v) is 21.7. The average molecular weight is 466 g/mol. The lowest BCUT2D eigenvalue weighted by Gasteiger charge is -2.18. The molecular formula is C27H51N3O3. The van der Waals surface area contributed by atoms with Gasteiger partial charge in [0.05, 0.1) is 0 Å². The van der Waals surface area contributed by atoms with Gasteiger partial charge in [0.25, 0.3) is 0 Å². The third-order valence-corrected chi connectivity index (χ3v) is 5.64. The molecule has 6 nitrogen and oxygen atoms in total. The molecule has 0 aliphatic carbocycles. The molecule has 0 fully saturated rings. The number of rotatable bonds is 22. The Labute approximate surface area is 203 Å². The SMILES string of the molecule is CCC/C=C/CCCCCCCCC(=O)N[C@@H](CCC(=O)NCCCC)C(=O)NCCCC. The van der Waals surface area contributed by atoms with Crippen LogP contribution in [0.4, 0.5) is 0 Å². The van der Waals surface area contributed by atoms with E-state index in [0.29, 0.717) is 25.9 Å². The summed E-state index contributed by atoms with van der Waals surface area (Å²) in [4.78, 5) is 36.9. The van der Waals surface area contributed by atoms with Gasteiger partial charge in [0, 0.05) is 25.9 Å². The molecular weight excluding hydrogens is 414 g/mol. The fraction of sp³-hybridized carbons (Fsp3) is 0.815. The molecule has 0 heterocycles. The Balaban J connectivity index is 4.18. The van der Waals surface area contributed by atoms with E-state index in [1.54, 1.807) is 0 Å². The maximum absolute atomic E-state index is 12.5. The van der Waals surface area contributed by atoms with Gasteiger partial charge in [-0.3, -0.25) is 14.4 Å². The fourth-order valence-electron chi connectivity index (χ4n) is 3.47. The third kappa shape index (κ3) is 20.5. The molecule has 3 N–H and O–H groups in total. The average Bonchev–Trinajstić information content (AvgIpc) is 2.80. The van der Waals surface area contributed by atoms with Gasteiger partial charge in [-0.25, -0.2) is 0 Å². The molecule has 0 saturated carbocycles. The first-order chi connectivity index (χ1) is 16.0.